The Morgan fingerprint density at radius 1 is 1.50 bits per heavy atom. The molecule has 0 bridgehead atoms. The Balaban J connectivity index is 0.00000128. The number of rotatable bonds is 4. The Kier molecular flexibility index (Phi) is 4.56. The number of carboxylic acids is 1. The van der Waals surface area contributed by atoms with Crippen LogP contribution >= 0.6 is 0 Å². The van der Waals surface area contributed by atoms with Crippen LogP contribution in [0.1, 0.15) is 19.3 Å². The first-order valence-corrected chi connectivity index (χ1v) is 4.74. The molecule has 1 saturated heterocycles. The maximum Gasteiger partial charge on any atom is 1.00 e. The van der Waals surface area contributed by atoms with Crippen LogP contribution in [0.25, 0.3) is 0 Å². The van der Waals surface area contributed by atoms with E-state index < -0.39 is 23.4 Å². The second kappa shape index (κ2) is 5.16. The Labute approximate surface area is 141 Å². The van der Waals surface area contributed by atoms with E-state index in [2.05, 4.69) is 10.6 Å². The van der Waals surface area contributed by atoms with E-state index >= 15 is 0 Å². The van der Waals surface area contributed by atoms with E-state index in [1.54, 1.807) is 0 Å². The first kappa shape index (κ1) is 14.1. The molecular weight excluding hydrogens is 286 g/mol. The molecule has 0 radical (unpaired) electrons. The summed E-state index contributed by atoms with van der Waals surface area (Å²) in [5, 5.41) is 13.2. The third-order valence-electron chi connectivity index (χ3n) is 2.84. The van der Waals surface area contributed by atoms with Crippen LogP contribution in [-0.2, 0) is 9.59 Å². The van der Waals surface area contributed by atoms with E-state index in [9.17, 15) is 14.4 Å². The van der Waals surface area contributed by atoms with Crippen LogP contribution in [0.5, 0.6) is 0 Å². The van der Waals surface area contributed by atoms with Gasteiger partial charge in [-0.25, -0.2) is 4.79 Å². The summed E-state index contributed by atoms with van der Waals surface area (Å²) < 4.78 is 0. The van der Waals surface area contributed by atoms with Crippen LogP contribution in [0.2, 0.25) is 0 Å². The summed E-state index contributed by atoms with van der Waals surface area (Å²) in [5.41, 5.74) is -1.02. The van der Waals surface area contributed by atoms with E-state index in [-0.39, 0.29) is 70.5 Å². The predicted molar refractivity (Wildman–Crippen MR) is 48.7 cm³/mol. The normalized spacial score (nSPS) is 27.8. The van der Waals surface area contributed by atoms with Crippen molar-refractivity contribution in [2.45, 2.75) is 24.8 Å². The van der Waals surface area contributed by atoms with Gasteiger partial charge in [0.25, 0.3) is 5.91 Å². The molecule has 2 aliphatic rings. The number of carbonyl (C=O) groups excluding carboxylic acids is 2. The summed E-state index contributed by atoms with van der Waals surface area (Å²) in [5.74, 6) is -1.42. The molecule has 3 N–H and O–H groups in total. The molecule has 1 aliphatic carbocycles. The summed E-state index contributed by atoms with van der Waals surface area (Å²) in [6.45, 7) is 0. The zero-order valence-corrected chi connectivity index (χ0v) is 13.9. The van der Waals surface area contributed by atoms with Crippen molar-refractivity contribution in [1.29, 1.82) is 0 Å². The summed E-state index contributed by atoms with van der Waals surface area (Å²) in [4.78, 5) is 33.1. The second-order valence-corrected chi connectivity index (χ2v) is 3.90. The minimum absolute atomic E-state index is 0. The number of hydrogen-bond acceptors (Lipinski definition) is 3. The first-order valence-electron chi connectivity index (χ1n) is 4.74. The van der Waals surface area contributed by atoms with Gasteiger partial charge in [-0.05, 0) is 18.8 Å². The summed E-state index contributed by atoms with van der Waals surface area (Å²) >= 11 is 0. The van der Waals surface area contributed by atoms with Crippen molar-refractivity contribution in [2.24, 2.45) is 5.92 Å². The largest absolute Gasteiger partial charge is 1.00 e. The van der Waals surface area contributed by atoms with Crippen molar-refractivity contribution in [2.75, 3.05) is 0 Å². The quantitative estimate of drug-likeness (QED) is 0.373. The number of nitrogens with one attached hydrogen (secondary N) is 2. The van der Waals surface area contributed by atoms with Gasteiger partial charge >= 0.3 is 64.2 Å². The summed E-state index contributed by atoms with van der Waals surface area (Å²) in [6.07, 6.45) is 2.76. The van der Waals surface area contributed by atoms with Crippen LogP contribution in [0.4, 0.5) is 4.79 Å². The molecule has 1 unspecified atom stereocenters. The minimum atomic E-state index is -1.08. The first-order chi connectivity index (χ1) is 7.04. The molecule has 1 saturated carbocycles. The number of urea groups is 1. The Bertz CT molecular complexity index is 342. The molecule has 6 nitrogen and oxygen atoms in total. The number of amides is 3. The van der Waals surface area contributed by atoms with E-state index in [0.29, 0.717) is 0 Å². The second-order valence-electron chi connectivity index (χ2n) is 3.90. The molecule has 0 aromatic carbocycles. The summed E-state index contributed by atoms with van der Waals surface area (Å²) in [6, 6.07) is -0.536. The number of carbonyl (C=O) groups is 3. The third kappa shape index (κ3) is 2.66. The molecule has 0 spiro atoms. The van der Waals surface area contributed by atoms with Gasteiger partial charge < -0.3 is 10.4 Å². The predicted octanol–water partition coefficient (Wildman–Crippen LogP) is -3.34. The molecule has 0 aromatic rings. The standard InChI is InChI=1S/C9H11N2O4.Rb/c12-6(13)3-4-9(5-1-2-5)7(14)10-8(15)11-9;/h3,5H,1-2,4H2,(H,12,13)(H2,10,11,14,15);/q-1;+1. The maximum atomic E-state index is 11.6. The molecule has 0 aromatic heterocycles. The van der Waals surface area contributed by atoms with Gasteiger partial charge in [-0.3, -0.25) is 21.3 Å². The van der Waals surface area contributed by atoms with Crippen molar-refractivity contribution < 1.29 is 77.7 Å². The number of hydrogen-bond donors (Lipinski definition) is 3. The molecule has 82 valence electrons. The monoisotopic (exact) mass is 296 g/mol. The third-order valence-corrected chi connectivity index (χ3v) is 2.84. The van der Waals surface area contributed by atoms with E-state index in [4.69, 9.17) is 5.11 Å². The average Bonchev–Trinajstić information content (AvgIpc) is 2.91. The molecule has 1 atom stereocenters. The van der Waals surface area contributed by atoms with Crippen molar-refractivity contribution in [3.63, 3.8) is 0 Å². The minimum Gasteiger partial charge on any atom is -0.503 e. The molecule has 16 heavy (non-hydrogen) atoms. The molecule has 3 amide bonds. The van der Waals surface area contributed by atoms with Gasteiger partial charge in [-0.15, -0.1) is 6.42 Å². The molecule has 1 heterocycles. The Morgan fingerprint density at radius 2 is 2.12 bits per heavy atom. The molecule has 7 heteroatoms. The van der Waals surface area contributed by atoms with Gasteiger partial charge in [0.1, 0.15) is 0 Å². The van der Waals surface area contributed by atoms with Crippen molar-refractivity contribution in [1.82, 2.24) is 10.6 Å². The smallest absolute Gasteiger partial charge is 0.503 e. The fourth-order valence-corrected chi connectivity index (χ4v) is 1.93. The Morgan fingerprint density at radius 3 is 2.50 bits per heavy atom. The zero-order chi connectivity index (χ0) is 11.1. The van der Waals surface area contributed by atoms with Crippen LogP contribution in [-0.4, -0.2) is 28.6 Å². The van der Waals surface area contributed by atoms with E-state index in [1.165, 1.54) is 0 Å². The van der Waals surface area contributed by atoms with Crippen LogP contribution in [0.3, 0.4) is 0 Å². The molecule has 2 rings (SSSR count). The fraction of sp³-hybridized carbons (Fsp3) is 0.556. The maximum absolute atomic E-state index is 11.6. The topological polar surface area (TPSA) is 95.5 Å². The number of carboxylic acid groups (broad SMARTS) is 1. The number of aliphatic carboxylic acids is 1. The van der Waals surface area contributed by atoms with E-state index in [0.717, 1.165) is 19.3 Å². The van der Waals surface area contributed by atoms with Crippen LogP contribution < -0.4 is 68.8 Å². The zero-order valence-electron chi connectivity index (χ0n) is 8.95. The van der Waals surface area contributed by atoms with Crippen molar-refractivity contribution >= 4 is 17.9 Å². The summed E-state index contributed by atoms with van der Waals surface area (Å²) in [7, 11) is 0. The van der Waals surface area contributed by atoms with E-state index in [1.807, 2.05) is 0 Å². The van der Waals surface area contributed by atoms with Gasteiger partial charge in [0.2, 0.25) is 0 Å². The molecule has 1 aliphatic heterocycles. The van der Waals surface area contributed by atoms with Crippen LogP contribution in [0.15, 0.2) is 0 Å². The van der Waals surface area contributed by atoms with Gasteiger partial charge in [-0.2, -0.15) is 0 Å². The fourth-order valence-electron chi connectivity index (χ4n) is 1.93. The molecule has 2 fully saturated rings. The molecular formula is C9H11N2O4Rb. The van der Waals surface area contributed by atoms with Gasteiger partial charge in [0.15, 0.2) is 5.97 Å². The SMILES string of the molecule is O=C(O)[CH-]CC1(C2CC2)NC(=O)NC1=O.[Rb+]. The van der Waals surface area contributed by atoms with Crippen molar-refractivity contribution in [3.8, 4) is 0 Å². The van der Waals surface area contributed by atoms with Gasteiger partial charge in [0, 0.05) is 0 Å². The number of imide groups is 1. The average molecular weight is 297 g/mol. The van der Waals surface area contributed by atoms with Crippen molar-refractivity contribution in [3.05, 3.63) is 6.42 Å². The van der Waals surface area contributed by atoms with Gasteiger partial charge in [-0.1, -0.05) is 0 Å². The Hall–Kier alpha value is 0.0852. The van der Waals surface area contributed by atoms with Crippen LogP contribution in [0, 0.1) is 12.3 Å². The van der Waals surface area contributed by atoms with Gasteiger partial charge in [0.05, 0.1) is 5.54 Å².